The maximum atomic E-state index is 13.2. The Labute approximate surface area is 127 Å². The molecular formula is C17H26ClNO. The van der Waals surface area contributed by atoms with Crippen molar-refractivity contribution in [1.29, 1.82) is 0 Å². The van der Waals surface area contributed by atoms with Crippen molar-refractivity contribution in [3.05, 3.63) is 0 Å². The van der Waals surface area contributed by atoms with Crippen LogP contribution in [-0.2, 0) is 4.79 Å². The summed E-state index contributed by atoms with van der Waals surface area (Å²) in [4.78, 5) is 15.3. The molecule has 5 rings (SSSR count). The summed E-state index contributed by atoms with van der Waals surface area (Å²) in [6.07, 6.45) is 9.63. The van der Waals surface area contributed by atoms with Gasteiger partial charge >= 0.3 is 0 Å². The Kier molecular flexibility index (Phi) is 2.94. The number of carbonyl (C=O) groups excluding carboxylic acids is 1. The fraction of sp³-hybridized carbons (Fsp3) is 0.941. The maximum absolute atomic E-state index is 13.2. The van der Waals surface area contributed by atoms with Crippen molar-refractivity contribution in [2.75, 3.05) is 13.1 Å². The minimum Gasteiger partial charge on any atom is -0.342 e. The predicted molar refractivity (Wildman–Crippen MR) is 80.7 cm³/mol. The molecule has 0 aromatic rings. The molecule has 0 radical (unpaired) electrons. The van der Waals surface area contributed by atoms with Crippen LogP contribution in [0.5, 0.6) is 0 Å². The van der Waals surface area contributed by atoms with Gasteiger partial charge in [-0.2, -0.15) is 0 Å². The van der Waals surface area contributed by atoms with Crippen LogP contribution in [0.1, 0.15) is 58.3 Å². The molecule has 20 heavy (non-hydrogen) atoms. The number of nitrogens with zero attached hydrogens (tertiary/aromatic N) is 1. The van der Waals surface area contributed by atoms with Gasteiger partial charge < -0.3 is 4.90 Å². The lowest BCUT2D eigenvalue weighted by Crippen LogP contribution is -2.58. The maximum Gasteiger partial charge on any atom is 0.228 e. The molecule has 0 N–H and O–H groups in total. The smallest absolute Gasteiger partial charge is 0.228 e. The van der Waals surface area contributed by atoms with Crippen molar-refractivity contribution < 1.29 is 4.79 Å². The highest BCUT2D eigenvalue weighted by atomic mass is 35.5. The quantitative estimate of drug-likeness (QED) is 0.673. The van der Waals surface area contributed by atoms with Crippen LogP contribution in [0.3, 0.4) is 0 Å². The molecule has 1 aliphatic heterocycles. The molecule has 0 aromatic heterocycles. The van der Waals surface area contributed by atoms with Crippen LogP contribution in [-0.4, -0.2) is 29.3 Å². The monoisotopic (exact) mass is 295 g/mol. The Morgan fingerprint density at radius 1 is 1.10 bits per heavy atom. The number of alkyl halides is 1. The van der Waals surface area contributed by atoms with Gasteiger partial charge in [0.1, 0.15) is 0 Å². The van der Waals surface area contributed by atoms with Gasteiger partial charge in [-0.05, 0) is 68.6 Å². The summed E-state index contributed by atoms with van der Waals surface area (Å²) in [5.41, 5.74) is 0.475. The van der Waals surface area contributed by atoms with E-state index in [1.165, 1.54) is 32.1 Å². The second kappa shape index (κ2) is 4.38. The number of piperidine rings is 1. The fourth-order valence-corrected chi connectivity index (χ4v) is 6.55. The minimum atomic E-state index is 0.0119. The molecule has 5 fully saturated rings. The molecule has 3 heteroatoms. The largest absolute Gasteiger partial charge is 0.342 e. The number of carbonyl (C=O) groups is 1. The first kappa shape index (κ1) is 13.4. The lowest BCUT2D eigenvalue weighted by Gasteiger charge is -2.61. The Balaban J connectivity index is 1.56. The van der Waals surface area contributed by atoms with Crippen LogP contribution in [0.25, 0.3) is 0 Å². The van der Waals surface area contributed by atoms with Gasteiger partial charge in [0.05, 0.1) is 5.41 Å². The summed E-state index contributed by atoms with van der Waals surface area (Å²) < 4.78 is 0. The normalized spacial score (nSPS) is 47.8. The SMILES string of the molecule is CC12CC3CC(C1)CC(C(=O)N1CCC(Cl)CC1)(C3)C2. The van der Waals surface area contributed by atoms with Crippen LogP contribution < -0.4 is 0 Å². The van der Waals surface area contributed by atoms with E-state index in [1.54, 1.807) is 0 Å². The predicted octanol–water partition coefficient (Wildman–Crippen LogP) is 3.82. The Bertz CT molecular complexity index is 413. The highest BCUT2D eigenvalue weighted by molar-refractivity contribution is 6.20. The van der Waals surface area contributed by atoms with Crippen molar-refractivity contribution in [1.82, 2.24) is 4.90 Å². The number of halogens is 1. The van der Waals surface area contributed by atoms with E-state index in [0.717, 1.165) is 44.2 Å². The van der Waals surface area contributed by atoms with Gasteiger partial charge in [0.2, 0.25) is 5.91 Å². The van der Waals surface area contributed by atoms with Gasteiger partial charge in [-0.1, -0.05) is 6.92 Å². The molecule has 4 saturated carbocycles. The van der Waals surface area contributed by atoms with Gasteiger partial charge in [-0.3, -0.25) is 4.79 Å². The molecule has 0 spiro atoms. The van der Waals surface area contributed by atoms with E-state index in [9.17, 15) is 4.79 Å². The van der Waals surface area contributed by atoms with E-state index >= 15 is 0 Å². The zero-order valence-electron chi connectivity index (χ0n) is 12.5. The average Bonchev–Trinajstić information content (AvgIpc) is 2.36. The van der Waals surface area contributed by atoms with Gasteiger partial charge in [0, 0.05) is 18.5 Å². The first-order chi connectivity index (χ1) is 9.48. The van der Waals surface area contributed by atoms with Gasteiger partial charge in [-0.15, -0.1) is 11.6 Å². The first-order valence-corrected chi connectivity index (χ1v) is 8.85. The molecule has 5 aliphatic rings. The van der Waals surface area contributed by atoms with Gasteiger partial charge in [-0.25, -0.2) is 0 Å². The summed E-state index contributed by atoms with van der Waals surface area (Å²) in [6.45, 7) is 4.22. The second-order valence-corrected chi connectivity index (χ2v) is 9.14. The van der Waals surface area contributed by atoms with Crippen LogP contribution in [0.4, 0.5) is 0 Å². The Morgan fingerprint density at radius 2 is 1.70 bits per heavy atom. The summed E-state index contributed by atoms with van der Waals surface area (Å²) in [7, 11) is 0. The van der Waals surface area contributed by atoms with E-state index < -0.39 is 0 Å². The van der Waals surface area contributed by atoms with Crippen molar-refractivity contribution in [2.24, 2.45) is 22.7 Å². The molecule has 2 atom stereocenters. The zero-order chi connectivity index (χ0) is 14.0. The van der Waals surface area contributed by atoms with E-state index in [-0.39, 0.29) is 10.8 Å². The van der Waals surface area contributed by atoms with E-state index in [4.69, 9.17) is 11.6 Å². The Hall–Kier alpha value is -0.240. The highest BCUT2D eigenvalue weighted by Crippen LogP contribution is 2.65. The third-order valence-electron chi connectivity index (χ3n) is 6.52. The lowest BCUT2D eigenvalue weighted by molar-refractivity contribution is -0.166. The molecule has 4 aliphatic carbocycles. The fourth-order valence-electron chi connectivity index (χ4n) is 6.36. The molecule has 1 heterocycles. The molecule has 0 aromatic carbocycles. The molecule has 4 bridgehead atoms. The number of hydrogen-bond donors (Lipinski definition) is 0. The van der Waals surface area contributed by atoms with Crippen molar-refractivity contribution in [3.63, 3.8) is 0 Å². The summed E-state index contributed by atoms with van der Waals surface area (Å²) in [6, 6.07) is 0. The van der Waals surface area contributed by atoms with Crippen LogP contribution in [0.2, 0.25) is 0 Å². The van der Waals surface area contributed by atoms with Crippen LogP contribution in [0.15, 0.2) is 0 Å². The van der Waals surface area contributed by atoms with E-state index in [0.29, 0.717) is 11.3 Å². The molecule has 1 saturated heterocycles. The van der Waals surface area contributed by atoms with Crippen molar-refractivity contribution in [2.45, 2.75) is 63.7 Å². The number of rotatable bonds is 1. The summed E-state index contributed by atoms with van der Waals surface area (Å²) in [5.74, 6) is 2.15. The second-order valence-electron chi connectivity index (χ2n) is 8.52. The average molecular weight is 296 g/mol. The highest BCUT2D eigenvalue weighted by Gasteiger charge is 2.59. The molecule has 112 valence electrons. The van der Waals surface area contributed by atoms with Gasteiger partial charge in [0.25, 0.3) is 0 Å². The molecule has 2 unspecified atom stereocenters. The first-order valence-electron chi connectivity index (χ1n) is 8.42. The van der Waals surface area contributed by atoms with Crippen LogP contribution in [0, 0.1) is 22.7 Å². The number of amides is 1. The van der Waals surface area contributed by atoms with E-state index in [2.05, 4.69) is 11.8 Å². The van der Waals surface area contributed by atoms with Crippen LogP contribution >= 0.6 is 11.6 Å². The van der Waals surface area contributed by atoms with E-state index in [1.807, 2.05) is 0 Å². The van der Waals surface area contributed by atoms with Gasteiger partial charge in [0.15, 0.2) is 0 Å². The number of hydrogen-bond acceptors (Lipinski definition) is 1. The van der Waals surface area contributed by atoms with Crippen molar-refractivity contribution >= 4 is 17.5 Å². The van der Waals surface area contributed by atoms with Crippen molar-refractivity contribution in [3.8, 4) is 0 Å². The summed E-state index contributed by atoms with van der Waals surface area (Å²) in [5, 5.41) is 0.285. The zero-order valence-corrected chi connectivity index (χ0v) is 13.3. The minimum absolute atomic E-state index is 0.0119. The molecule has 1 amide bonds. The lowest BCUT2D eigenvalue weighted by atomic mass is 9.44. The molecule has 2 nitrogen and oxygen atoms in total. The Morgan fingerprint density at radius 3 is 2.25 bits per heavy atom. The number of likely N-dealkylation sites (tertiary alicyclic amines) is 1. The summed E-state index contributed by atoms with van der Waals surface area (Å²) >= 11 is 6.19. The standard InChI is InChI=1S/C17H26ClNO/c1-16-7-12-6-13(8-16)10-17(9-12,11-16)15(20)19-4-2-14(18)3-5-19/h12-14H,2-11H2,1H3. The molecular weight excluding hydrogens is 270 g/mol. The third-order valence-corrected chi connectivity index (χ3v) is 6.96. The topological polar surface area (TPSA) is 20.3 Å². The third kappa shape index (κ3) is 2.01.